The molecule has 21 heavy (non-hydrogen) atoms. The number of carbonyl (C=O) groups excluding carboxylic acids is 1. The maximum atomic E-state index is 12.3. The van der Waals surface area contributed by atoms with Gasteiger partial charge < -0.3 is 20.6 Å². The molecule has 116 valence electrons. The maximum Gasteiger partial charge on any atom is 0.225 e. The second kappa shape index (κ2) is 7.31. The molecule has 0 bridgehead atoms. The summed E-state index contributed by atoms with van der Waals surface area (Å²) in [6.45, 7) is 5.82. The molecule has 1 heterocycles. The molecule has 0 radical (unpaired) electrons. The van der Waals surface area contributed by atoms with Gasteiger partial charge in [-0.2, -0.15) is 0 Å². The second-order valence-corrected chi connectivity index (χ2v) is 5.66. The Balaban J connectivity index is 1.85. The van der Waals surface area contributed by atoms with E-state index in [9.17, 15) is 9.90 Å². The van der Waals surface area contributed by atoms with Crippen LogP contribution in [0.15, 0.2) is 24.3 Å². The van der Waals surface area contributed by atoms with Crippen molar-refractivity contribution in [3.05, 3.63) is 24.3 Å². The van der Waals surface area contributed by atoms with Crippen molar-refractivity contribution in [3.8, 4) is 5.75 Å². The number of phenols is 1. The van der Waals surface area contributed by atoms with Crippen LogP contribution in [-0.4, -0.2) is 48.6 Å². The Morgan fingerprint density at radius 3 is 2.43 bits per heavy atom. The van der Waals surface area contributed by atoms with Gasteiger partial charge in [-0.05, 0) is 43.7 Å². The normalized spacial score (nSPS) is 16.9. The number of nitrogens with two attached hydrogens (primary N) is 1. The third-order valence-electron chi connectivity index (χ3n) is 4.07. The maximum absolute atomic E-state index is 12.3. The zero-order chi connectivity index (χ0) is 15.2. The van der Waals surface area contributed by atoms with E-state index < -0.39 is 0 Å². The van der Waals surface area contributed by atoms with Gasteiger partial charge in [0.2, 0.25) is 5.91 Å². The largest absolute Gasteiger partial charge is 0.508 e. The van der Waals surface area contributed by atoms with Crippen molar-refractivity contribution < 1.29 is 9.90 Å². The number of aromatic hydroxyl groups is 1. The first-order valence-corrected chi connectivity index (χ1v) is 7.64. The molecule has 0 aromatic heterocycles. The van der Waals surface area contributed by atoms with Crippen LogP contribution in [0.25, 0.3) is 0 Å². The van der Waals surface area contributed by atoms with Crippen molar-refractivity contribution >= 4 is 11.6 Å². The number of nitrogens with zero attached hydrogens (tertiary/aromatic N) is 2. The van der Waals surface area contributed by atoms with Crippen molar-refractivity contribution in [2.45, 2.75) is 19.8 Å². The number of benzene rings is 1. The highest BCUT2D eigenvalue weighted by Crippen LogP contribution is 2.20. The van der Waals surface area contributed by atoms with Crippen LogP contribution in [0.1, 0.15) is 19.8 Å². The minimum absolute atomic E-state index is 0.0637. The van der Waals surface area contributed by atoms with E-state index in [2.05, 4.69) is 4.90 Å². The zero-order valence-corrected chi connectivity index (χ0v) is 12.7. The van der Waals surface area contributed by atoms with E-state index in [-0.39, 0.29) is 17.6 Å². The van der Waals surface area contributed by atoms with Crippen LogP contribution in [0, 0.1) is 5.92 Å². The van der Waals surface area contributed by atoms with Crippen molar-refractivity contribution in [2.75, 3.05) is 37.6 Å². The first-order chi connectivity index (χ1) is 10.1. The lowest BCUT2D eigenvalue weighted by Gasteiger charge is -2.37. The fourth-order valence-electron chi connectivity index (χ4n) is 2.71. The molecule has 0 saturated carbocycles. The molecule has 0 aliphatic carbocycles. The fourth-order valence-corrected chi connectivity index (χ4v) is 2.71. The SMILES string of the molecule is CC(CCCN)C(=O)N1CCN(c2ccc(O)cc2)CC1. The van der Waals surface area contributed by atoms with Crippen molar-refractivity contribution in [1.29, 1.82) is 0 Å². The van der Waals surface area contributed by atoms with Gasteiger partial charge >= 0.3 is 0 Å². The van der Waals surface area contributed by atoms with Crippen LogP contribution in [0.3, 0.4) is 0 Å². The third-order valence-corrected chi connectivity index (χ3v) is 4.07. The number of piperazine rings is 1. The van der Waals surface area contributed by atoms with E-state index in [0.29, 0.717) is 6.54 Å². The van der Waals surface area contributed by atoms with E-state index in [0.717, 1.165) is 44.7 Å². The predicted octanol–water partition coefficient (Wildman–Crippen LogP) is 1.42. The summed E-state index contributed by atoms with van der Waals surface area (Å²) in [5.41, 5.74) is 6.59. The predicted molar refractivity (Wildman–Crippen MR) is 84.4 cm³/mol. The van der Waals surface area contributed by atoms with Crippen molar-refractivity contribution in [2.24, 2.45) is 11.7 Å². The highest BCUT2D eigenvalue weighted by atomic mass is 16.3. The highest BCUT2D eigenvalue weighted by Gasteiger charge is 2.24. The van der Waals surface area contributed by atoms with E-state index >= 15 is 0 Å². The van der Waals surface area contributed by atoms with E-state index in [1.165, 1.54) is 0 Å². The smallest absolute Gasteiger partial charge is 0.225 e. The standard InChI is InChI=1S/C16H25N3O2/c1-13(3-2-8-17)16(21)19-11-9-18(10-12-19)14-4-6-15(20)7-5-14/h4-7,13,20H,2-3,8-12,17H2,1H3. The minimum atomic E-state index is 0.0637. The Bertz CT molecular complexity index is 453. The molecule has 1 aliphatic heterocycles. The summed E-state index contributed by atoms with van der Waals surface area (Å²) < 4.78 is 0. The Labute approximate surface area is 126 Å². The molecule has 1 atom stereocenters. The Kier molecular flexibility index (Phi) is 5.44. The van der Waals surface area contributed by atoms with Crippen LogP contribution < -0.4 is 10.6 Å². The monoisotopic (exact) mass is 291 g/mol. The number of phenolic OH excluding ortho intramolecular Hbond substituents is 1. The summed E-state index contributed by atoms with van der Waals surface area (Å²) in [6, 6.07) is 7.22. The molecule has 3 N–H and O–H groups in total. The molecule has 1 aromatic carbocycles. The zero-order valence-electron chi connectivity index (χ0n) is 12.7. The Hall–Kier alpha value is -1.75. The number of amides is 1. The summed E-state index contributed by atoms with van der Waals surface area (Å²) in [6.07, 6.45) is 1.77. The Morgan fingerprint density at radius 1 is 1.24 bits per heavy atom. The second-order valence-electron chi connectivity index (χ2n) is 5.66. The molecule has 1 fully saturated rings. The quantitative estimate of drug-likeness (QED) is 0.861. The average Bonchev–Trinajstić information content (AvgIpc) is 2.53. The fraction of sp³-hybridized carbons (Fsp3) is 0.562. The molecule has 0 spiro atoms. The highest BCUT2D eigenvalue weighted by molar-refractivity contribution is 5.78. The molecule has 1 aromatic rings. The summed E-state index contributed by atoms with van der Waals surface area (Å²) in [7, 11) is 0. The lowest BCUT2D eigenvalue weighted by molar-refractivity contribution is -0.135. The van der Waals surface area contributed by atoms with Crippen molar-refractivity contribution in [1.82, 2.24) is 4.90 Å². The molecule has 5 heteroatoms. The lowest BCUT2D eigenvalue weighted by atomic mass is 10.0. The molecule has 1 amide bonds. The molecule has 1 aliphatic rings. The minimum Gasteiger partial charge on any atom is -0.508 e. The molecule has 2 rings (SSSR count). The summed E-state index contributed by atoms with van der Waals surface area (Å²) in [5, 5.41) is 9.32. The van der Waals surface area contributed by atoms with E-state index in [1.54, 1.807) is 12.1 Å². The Morgan fingerprint density at radius 2 is 1.86 bits per heavy atom. The van der Waals surface area contributed by atoms with Crippen LogP contribution >= 0.6 is 0 Å². The van der Waals surface area contributed by atoms with Gasteiger partial charge in [0.25, 0.3) is 0 Å². The van der Waals surface area contributed by atoms with E-state index in [4.69, 9.17) is 5.73 Å². The van der Waals surface area contributed by atoms with Crippen LogP contribution in [0.2, 0.25) is 0 Å². The van der Waals surface area contributed by atoms with Gasteiger partial charge in [-0.25, -0.2) is 0 Å². The summed E-state index contributed by atoms with van der Waals surface area (Å²) in [4.78, 5) is 16.5. The molecule has 1 unspecified atom stereocenters. The third kappa shape index (κ3) is 4.11. The number of rotatable bonds is 5. The van der Waals surface area contributed by atoms with Gasteiger partial charge in [0.15, 0.2) is 0 Å². The number of carbonyl (C=O) groups is 1. The van der Waals surface area contributed by atoms with Crippen LogP contribution in [0.5, 0.6) is 5.75 Å². The van der Waals surface area contributed by atoms with Gasteiger partial charge in [0.05, 0.1) is 0 Å². The summed E-state index contributed by atoms with van der Waals surface area (Å²) in [5.74, 6) is 0.587. The molecule has 1 saturated heterocycles. The average molecular weight is 291 g/mol. The first kappa shape index (κ1) is 15.6. The van der Waals surface area contributed by atoms with Gasteiger partial charge in [-0.1, -0.05) is 6.92 Å². The first-order valence-electron chi connectivity index (χ1n) is 7.64. The number of hydrogen-bond acceptors (Lipinski definition) is 4. The molecular weight excluding hydrogens is 266 g/mol. The molecule has 5 nitrogen and oxygen atoms in total. The van der Waals surface area contributed by atoms with Gasteiger partial charge in [-0.3, -0.25) is 4.79 Å². The lowest BCUT2D eigenvalue weighted by Crippen LogP contribution is -2.50. The van der Waals surface area contributed by atoms with Gasteiger partial charge in [0, 0.05) is 37.8 Å². The molecular formula is C16H25N3O2. The van der Waals surface area contributed by atoms with Crippen LogP contribution in [-0.2, 0) is 4.79 Å². The van der Waals surface area contributed by atoms with Gasteiger partial charge in [0.1, 0.15) is 5.75 Å². The number of anilines is 1. The van der Waals surface area contributed by atoms with Crippen LogP contribution in [0.4, 0.5) is 5.69 Å². The van der Waals surface area contributed by atoms with E-state index in [1.807, 2.05) is 24.0 Å². The topological polar surface area (TPSA) is 69.8 Å². The number of hydrogen-bond donors (Lipinski definition) is 2. The summed E-state index contributed by atoms with van der Waals surface area (Å²) >= 11 is 0. The van der Waals surface area contributed by atoms with Crippen molar-refractivity contribution in [3.63, 3.8) is 0 Å². The van der Waals surface area contributed by atoms with Gasteiger partial charge in [-0.15, -0.1) is 0 Å².